The lowest BCUT2D eigenvalue weighted by molar-refractivity contribution is -0.113. The number of fused-ring (bicyclic) bond motifs is 2. The Balaban J connectivity index is 1.57. The van der Waals surface area contributed by atoms with E-state index in [0.29, 0.717) is 53.4 Å². The number of hydrogen-bond donors (Lipinski definition) is 2. The molecule has 5 rings (SSSR count). The van der Waals surface area contributed by atoms with Gasteiger partial charge in [-0.3, -0.25) is 4.79 Å². The largest absolute Gasteiger partial charge is 0.495 e. The highest BCUT2D eigenvalue weighted by Crippen LogP contribution is 2.39. The van der Waals surface area contributed by atoms with Crippen molar-refractivity contribution < 1.29 is 19.0 Å². The number of anilines is 2. The van der Waals surface area contributed by atoms with Crippen LogP contribution in [-0.4, -0.2) is 41.0 Å². The van der Waals surface area contributed by atoms with E-state index in [1.54, 1.807) is 23.9 Å². The van der Waals surface area contributed by atoms with Crippen molar-refractivity contribution >= 4 is 17.5 Å². The second kappa shape index (κ2) is 7.67. The number of aromatic nitrogens is 3. The lowest BCUT2D eigenvalue weighted by Crippen LogP contribution is -2.31. The van der Waals surface area contributed by atoms with E-state index >= 15 is 0 Å². The highest BCUT2D eigenvalue weighted by Gasteiger charge is 2.34. The van der Waals surface area contributed by atoms with Gasteiger partial charge in [0.05, 0.1) is 18.4 Å². The molecule has 0 aliphatic carbocycles. The van der Waals surface area contributed by atoms with Crippen molar-refractivity contribution in [3.05, 3.63) is 65.6 Å². The third-order valence-electron chi connectivity index (χ3n) is 5.28. The molecule has 1 amide bonds. The van der Waals surface area contributed by atoms with Crippen LogP contribution in [0.2, 0.25) is 0 Å². The summed E-state index contributed by atoms with van der Waals surface area (Å²) in [5, 5.41) is 10.5. The molecule has 3 aromatic rings. The van der Waals surface area contributed by atoms with E-state index in [4.69, 9.17) is 14.2 Å². The molecule has 1 atom stereocenters. The fraction of sp³-hybridized carbons (Fsp3) is 0.227. The van der Waals surface area contributed by atoms with Gasteiger partial charge in [-0.15, -0.1) is 0 Å². The van der Waals surface area contributed by atoms with Gasteiger partial charge in [0, 0.05) is 5.70 Å². The Morgan fingerprint density at radius 3 is 2.84 bits per heavy atom. The molecule has 1 aromatic heterocycles. The van der Waals surface area contributed by atoms with Gasteiger partial charge in [-0.25, -0.2) is 4.68 Å². The van der Waals surface area contributed by atoms with Gasteiger partial charge in [-0.1, -0.05) is 18.2 Å². The van der Waals surface area contributed by atoms with E-state index in [1.165, 1.54) is 6.33 Å². The van der Waals surface area contributed by atoms with Crippen molar-refractivity contribution in [3.8, 4) is 17.2 Å². The van der Waals surface area contributed by atoms with Crippen molar-refractivity contribution in [1.29, 1.82) is 0 Å². The highest BCUT2D eigenvalue weighted by molar-refractivity contribution is 6.06. The van der Waals surface area contributed by atoms with Crippen LogP contribution in [0.5, 0.6) is 17.2 Å². The number of carbonyl (C=O) groups excluding carboxylic acids is 1. The van der Waals surface area contributed by atoms with Crippen LogP contribution in [0.4, 0.5) is 11.6 Å². The molecule has 0 spiro atoms. The number of ether oxygens (including phenoxy) is 3. The molecule has 2 aliphatic heterocycles. The Morgan fingerprint density at radius 1 is 1.19 bits per heavy atom. The molecule has 0 saturated heterocycles. The number of nitrogens with zero attached hydrogens (tertiary/aromatic N) is 3. The Hall–Kier alpha value is -4.01. The number of methoxy groups -OCH3 is 1. The van der Waals surface area contributed by atoms with Crippen LogP contribution in [0.15, 0.2) is 60.1 Å². The molecule has 0 bridgehead atoms. The minimum atomic E-state index is -0.496. The first-order chi connectivity index (χ1) is 15.2. The Bertz CT molecular complexity index is 1190. The van der Waals surface area contributed by atoms with Gasteiger partial charge >= 0.3 is 0 Å². The first kappa shape index (κ1) is 19.0. The van der Waals surface area contributed by atoms with Gasteiger partial charge in [-0.2, -0.15) is 10.1 Å². The van der Waals surface area contributed by atoms with E-state index < -0.39 is 6.04 Å². The summed E-state index contributed by atoms with van der Waals surface area (Å²) in [5.41, 5.74) is 2.62. The molecule has 9 nitrogen and oxygen atoms in total. The monoisotopic (exact) mass is 419 g/mol. The molecule has 158 valence electrons. The van der Waals surface area contributed by atoms with Crippen LogP contribution in [-0.2, 0) is 4.79 Å². The van der Waals surface area contributed by atoms with Crippen molar-refractivity contribution in [2.75, 3.05) is 31.0 Å². The molecular weight excluding hydrogens is 398 g/mol. The first-order valence-corrected chi connectivity index (χ1v) is 9.87. The van der Waals surface area contributed by atoms with Crippen LogP contribution in [0.1, 0.15) is 18.5 Å². The Labute approximate surface area is 178 Å². The van der Waals surface area contributed by atoms with E-state index in [-0.39, 0.29) is 5.91 Å². The maximum absolute atomic E-state index is 13.5. The topological polar surface area (TPSA) is 99.5 Å². The van der Waals surface area contributed by atoms with Gasteiger partial charge in [0.1, 0.15) is 31.3 Å². The molecule has 9 heteroatoms. The van der Waals surface area contributed by atoms with Crippen molar-refractivity contribution in [2.45, 2.75) is 13.0 Å². The smallest absolute Gasteiger partial charge is 0.255 e. The average Bonchev–Trinajstić information content (AvgIpc) is 3.26. The zero-order chi connectivity index (χ0) is 21.4. The summed E-state index contributed by atoms with van der Waals surface area (Å²) in [5.74, 6) is 2.20. The van der Waals surface area contributed by atoms with E-state index in [1.807, 2.05) is 37.3 Å². The first-order valence-electron chi connectivity index (χ1n) is 9.87. The number of nitrogens with one attached hydrogen (secondary N) is 2. The zero-order valence-electron chi connectivity index (χ0n) is 17.1. The molecule has 2 aliphatic rings. The molecule has 0 fully saturated rings. The van der Waals surface area contributed by atoms with Gasteiger partial charge in [-0.05, 0) is 36.8 Å². The van der Waals surface area contributed by atoms with Gasteiger partial charge in [0.25, 0.3) is 5.91 Å². The lowest BCUT2D eigenvalue weighted by Gasteiger charge is -2.29. The average molecular weight is 419 g/mol. The number of carbonyl (C=O) groups is 1. The highest BCUT2D eigenvalue weighted by atomic mass is 16.6. The number of benzene rings is 2. The Kier molecular flexibility index (Phi) is 4.70. The van der Waals surface area contributed by atoms with Gasteiger partial charge in [0.2, 0.25) is 5.95 Å². The molecular formula is C22H21N5O4. The maximum Gasteiger partial charge on any atom is 0.255 e. The maximum atomic E-state index is 13.5. The van der Waals surface area contributed by atoms with Crippen LogP contribution < -0.4 is 24.8 Å². The summed E-state index contributed by atoms with van der Waals surface area (Å²) in [6.07, 6.45) is 1.46. The van der Waals surface area contributed by atoms with Crippen molar-refractivity contribution in [1.82, 2.24) is 14.8 Å². The van der Waals surface area contributed by atoms with E-state index in [2.05, 4.69) is 20.7 Å². The number of allylic oxidation sites excluding steroid dienone is 1. The number of hydrogen-bond acceptors (Lipinski definition) is 7. The van der Waals surface area contributed by atoms with Crippen LogP contribution in [0.25, 0.3) is 0 Å². The van der Waals surface area contributed by atoms with Crippen LogP contribution in [0.3, 0.4) is 0 Å². The van der Waals surface area contributed by atoms with Gasteiger partial charge < -0.3 is 24.8 Å². The summed E-state index contributed by atoms with van der Waals surface area (Å²) in [6.45, 7) is 2.84. The molecule has 31 heavy (non-hydrogen) atoms. The second-order valence-corrected chi connectivity index (χ2v) is 7.15. The van der Waals surface area contributed by atoms with E-state index in [0.717, 1.165) is 5.56 Å². The summed E-state index contributed by atoms with van der Waals surface area (Å²) in [7, 11) is 1.57. The zero-order valence-corrected chi connectivity index (χ0v) is 17.1. The standard InChI is InChI=1S/C22H21N5O4/c1-13-19(21(28)26-15-5-3-4-6-16(15)29-2)20(27-22(25-13)23-12-24-27)14-7-8-17-18(11-14)31-10-9-30-17/h3-8,11-12,20H,9-10H2,1-2H3,(H,26,28)(H,23,24,25). The predicted octanol–water partition coefficient (Wildman–Crippen LogP) is 2.99. The van der Waals surface area contributed by atoms with Crippen LogP contribution >= 0.6 is 0 Å². The van der Waals surface area contributed by atoms with Crippen molar-refractivity contribution in [3.63, 3.8) is 0 Å². The minimum absolute atomic E-state index is 0.268. The molecule has 2 N–H and O–H groups in total. The number of rotatable bonds is 4. The molecule has 0 saturated carbocycles. The van der Waals surface area contributed by atoms with Gasteiger partial charge in [0.15, 0.2) is 11.5 Å². The fourth-order valence-corrected chi connectivity index (χ4v) is 3.86. The quantitative estimate of drug-likeness (QED) is 0.671. The summed E-state index contributed by atoms with van der Waals surface area (Å²) < 4.78 is 18.5. The minimum Gasteiger partial charge on any atom is -0.495 e. The van der Waals surface area contributed by atoms with Crippen LogP contribution in [0, 0.1) is 0 Å². The molecule has 0 radical (unpaired) electrons. The normalized spacial score (nSPS) is 16.9. The number of para-hydroxylation sites is 2. The third kappa shape index (κ3) is 3.33. The number of amides is 1. The SMILES string of the molecule is COc1ccccc1NC(=O)C1=C(C)Nc2ncnn2C1c1ccc2c(c1)OCCO2. The van der Waals surface area contributed by atoms with E-state index in [9.17, 15) is 4.79 Å². The van der Waals surface area contributed by atoms with Crippen molar-refractivity contribution in [2.24, 2.45) is 0 Å². The molecule has 1 unspecified atom stereocenters. The summed E-state index contributed by atoms with van der Waals surface area (Å²) >= 11 is 0. The molecule has 3 heterocycles. The molecule has 2 aromatic carbocycles. The predicted molar refractivity (Wildman–Crippen MR) is 114 cm³/mol. The fourth-order valence-electron chi connectivity index (χ4n) is 3.86. The lowest BCUT2D eigenvalue weighted by atomic mass is 9.94. The third-order valence-corrected chi connectivity index (χ3v) is 5.28. The Morgan fingerprint density at radius 2 is 2.00 bits per heavy atom. The summed E-state index contributed by atoms with van der Waals surface area (Å²) in [4.78, 5) is 17.7. The summed E-state index contributed by atoms with van der Waals surface area (Å²) in [6, 6.07) is 12.4. The second-order valence-electron chi connectivity index (χ2n) is 7.15.